The molecule has 0 radical (unpaired) electrons. The van der Waals surface area contributed by atoms with E-state index in [4.69, 9.17) is 5.11 Å². The third kappa shape index (κ3) is 2.99. The molecule has 2 heterocycles. The molecule has 0 unspecified atom stereocenters. The lowest BCUT2D eigenvalue weighted by atomic mass is 9.97. The molecule has 2 rings (SSSR count). The number of amides is 1. The van der Waals surface area contributed by atoms with Gasteiger partial charge in [0.05, 0.1) is 5.56 Å². The Labute approximate surface area is 111 Å². The van der Waals surface area contributed by atoms with Gasteiger partial charge in [0.25, 0.3) is 5.91 Å². The Morgan fingerprint density at radius 2 is 2.05 bits per heavy atom. The van der Waals surface area contributed by atoms with E-state index < -0.39 is 5.97 Å². The molecule has 1 aliphatic heterocycles. The van der Waals surface area contributed by atoms with Gasteiger partial charge in [-0.05, 0) is 30.9 Å². The van der Waals surface area contributed by atoms with E-state index in [0.717, 1.165) is 12.8 Å². The SMILES string of the molecule is C=CC1CCN(C(=O)c2ccc(C(=O)O)nc2)CC1. The normalized spacial score (nSPS) is 16.1. The summed E-state index contributed by atoms with van der Waals surface area (Å²) in [4.78, 5) is 28.4. The van der Waals surface area contributed by atoms with Crippen LogP contribution in [0.3, 0.4) is 0 Å². The summed E-state index contributed by atoms with van der Waals surface area (Å²) < 4.78 is 0. The Bertz CT molecular complexity index is 488. The summed E-state index contributed by atoms with van der Waals surface area (Å²) in [5.41, 5.74) is 0.379. The van der Waals surface area contributed by atoms with Crippen LogP contribution in [-0.2, 0) is 0 Å². The van der Waals surface area contributed by atoms with Crippen LogP contribution in [0.1, 0.15) is 33.7 Å². The first-order valence-corrected chi connectivity index (χ1v) is 6.23. The highest BCUT2D eigenvalue weighted by Crippen LogP contribution is 2.19. The smallest absolute Gasteiger partial charge is 0.354 e. The average Bonchev–Trinajstić information content (AvgIpc) is 2.46. The number of piperidine rings is 1. The molecule has 0 aromatic carbocycles. The molecule has 5 nitrogen and oxygen atoms in total. The van der Waals surface area contributed by atoms with E-state index >= 15 is 0 Å². The molecule has 1 fully saturated rings. The number of hydrogen-bond acceptors (Lipinski definition) is 3. The molecule has 1 N–H and O–H groups in total. The van der Waals surface area contributed by atoms with E-state index in [0.29, 0.717) is 24.6 Å². The Morgan fingerprint density at radius 1 is 1.37 bits per heavy atom. The first-order chi connectivity index (χ1) is 9.11. The number of rotatable bonds is 3. The van der Waals surface area contributed by atoms with Gasteiger partial charge in [0.15, 0.2) is 0 Å². The molecule has 0 atom stereocenters. The summed E-state index contributed by atoms with van der Waals surface area (Å²) in [5, 5.41) is 8.75. The van der Waals surface area contributed by atoms with E-state index in [9.17, 15) is 9.59 Å². The zero-order valence-electron chi connectivity index (χ0n) is 10.6. The highest BCUT2D eigenvalue weighted by molar-refractivity contribution is 5.94. The minimum absolute atomic E-state index is 0.0538. The fraction of sp³-hybridized carbons (Fsp3) is 0.357. The lowest BCUT2D eigenvalue weighted by molar-refractivity contribution is 0.0681. The number of hydrogen-bond donors (Lipinski definition) is 1. The van der Waals surface area contributed by atoms with Crippen molar-refractivity contribution < 1.29 is 14.7 Å². The second kappa shape index (κ2) is 5.65. The van der Waals surface area contributed by atoms with E-state index in [1.54, 1.807) is 4.90 Å². The number of carbonyl (C=O) groups excluding carboxylic acids is 1. The summed E-state index contributed by atoms with van der Waals surface area (Å²) in [6.07, 6.45) is 5.11. The molecule has 19 heavy (non-hydrogen) atoms. The lowest BCUT2D eigenvalue weighted by Gasteiger charge is -2.30. The van der Waals surface area contributed by atoms with Crippen LogP contribution < -0.4 is 0 Å². The van der Waals surface area contributed by atoms with Crippen LogP contribution in [0.5, 0.6) is 0 Å². The van der Waals surface area contributed by atoms with E-state index in [1.807, 2.05) is 6.08 Å². The van der Waals surface area contributed by atoms with Gasteiger partial charge in [-0.3, -0.25) is 4.79 Å². The van der Waals surface area contributed by atoms with Crippen molar-refractivity contribution in [2.75, 3.05) is 13.1 Å². The third-order valence-electron chi connectivity index (χ3n) is 3.39. The van der Waals surface area contributed by atoms with E-state index in [2.05, 4.69) is 11.6 Å². The predicted molar refractivity (Wildman–Crippen MR) is 70.0 cm³/mol. The van der Waals surface area contributed by atoms with E-state index in [1.165, 1.54) is 18.3 Å². The Morgan fingerprint density at radius 3 is 2.53 bits per heavy atom. The number of pyridine rings is 1. The molecule has 5 heteroatoms. The van der Waals surface area contributed by atoms with Gasteiger partial charge in [-0.15, -0.1) is 6.58 Å². The minimum Gasteiger partial charge on any atom is -0.477 e. The largest absolute Gasteiger partial charge is 0.477 e. The van der Waals surface area contributed by atoms with Crippen LogP contribution in [0, 0.1) is 5.92 Å². The summed E-state index contributed by atoms with van der Waals surface area (Å²) >= 11 is 0. The summed E-state index contributed by atoms with van der Waals surface area (Å²) in [7, 11) is 0. The summed E-state index contributed by atoms with van der Waals surface area (Å²) in [6.45, 7) is 5.18. The van der Waals surface area contributed by atoms with Crippen molar-refractivity contribution in [1.82, 2.24) is 9.88 Å². The van der Waals surface area contributed by atoms with Crippen molar-refractivity contribution in [2.24, 2.45) is 5.92 Å². The molecule has 0 spiro atoms. The maximum Gasteiger partial charge on any atom is 0.354 e. The zero-order valence-corrected chi connectivity index (χ0v) is 10.6. The molecular weight excluding hydrogens is 244 g/mol. The predicted octanol–water partition coefficient (Wildman–Crippen LogP) is 1.82. The Hall–Kier alpha value is -2.17. The molecule has 1 aromatic heterocycles. The third-order valence-corrected chi connectivity index (χ3v) is 3.39. The van der Waals surface area contributed by atoms with Crippen LogP contribution in [-0.4, -0.2) is 40.0 Å². The van der Waals surface area contributed by atoms with Gasteiger partial charge in [-0.2, -0.15) is 0 Å². The molecule has 1 aromatic rings. The highest BCUT2D eigenvalue weighted by atomic mass is 16.4. The number of likely N-dealkylation sites (tertiary alicyclic amines) is 1. The van der Waals surface area contributed by atoms with Gasteiger partial charge in [0.2, 0.25) is 0 Å². The molecule has 1 saturated heterocycles. The number of allylic oxidation sites excluding steroid dienone is 1. The van der Waals surface area contributed by atoms with Crippen molar-refractivity contribution in [3.63, 3.8) is 0 Å². The van der Waals surface area contributed by atoms with Gasteiger partial charge in [0, 0.05) is 19.3 Å². The fourth-order valence-electron chi connectivity index (χ4n) is 2.17. The Kier molecular flexibility index (Phi) is 3.94. The first kappa shape index (κ1) is 13.3. The molecule has 100 valence electrons. The van der Waals surface area contributed by atoms with E-state index in [-0.39, 0.29) is 11.6 Å². The van der Waals surface area contributed by atoms with Crippen LogP contribution in [0.4, 0.5) is 0 Å². The quantitative estimate of drug-likeness (QED) is 0.841. The molecule has 0 saturated carbocycles. The van der Waals surface area contributed by atoms with Gasteiger partial charge < -0.3 is 10.0 Å². The van der Waals surface area contributed by atoms with Gasteiger partial charge >= 0.3 is 5.97 Å². The number of nitrogens with zero attached hydrogens (tertiary/aromatic N) is 2. The van der Waals surface area contributed by atoms with Crippen LogP contribution >= 0.6 is 0 Å². The van der Waals surface area contributed by atoms with Crippen molar-refractivity contribution >= 4 is 11.9 Å². The Balaban J connectivity index is 2.04. The second-order valence-electron chi connectivity index (χ2n) is 4.60. The number of carbonyl (C=O) groups is 2. The fourth-order valence-corrected chi connectivity index (χ4v) is 2.17. The van der Waals surface area contributed by atoms with Gasteiger partial charge in [-0.25, -0.2) is 9.78 Å². The topological polar surface area (TPSA) is 70.5 Å². The number of aromatic carboxylic acids is 1. The highest BCUT2D eigenvalue weighted by Gasteiger charge is 2.22. The first-order valence-electron chi connectivity index (χ1n) is 6.23. The molecule has 1 aliphatic rings. The molecule has 0 bridgehead atoms. The summed E-state index contributed by atoms with van der Waals surface area (Å²) in [5.74, 6) is -0.700. The molecule has 0 aliphatic carbocycles. The van der Waals surface area contributed by atoms with Crippen LogP contribution in [0.2, 0.25) is 0 Å². The maximum atomic E-state index is 12.2. The minimum atomic E-state index is -1.09. The number of aromatic nitrogens is 1. The second-order valence-corrected chi connectivity index (χ2v) is 4.60. The maximum absolute atomic E-state index is 12.2. The van der Waals surface area contributed by atoms with Crippen molar-refractivity contribution in [2.45, 2.75) is 12.8 Å². The van der Waals surface area contributed by atoms with Gasteiger partial charge in [-0.1, -0.05) is 6.08 Å². The molecule has 1 amide bonds. The molecular formula is C14H16N2O3. The van der Waals surface area contributed by atoms with Gasteiger partial charge in [0.1, 0.15) is 5.69 Å². The van der Waals surface area contributed by atoms with Crippen molar-refractivity contribution in [3.8, 4) is 0 Å². The number of carboxylic acids is 1. The zero-order chi connectivity index (χ0) is 13.8. The monoisotopic (exact) mass is 260 g/mol. The average molecular weight is 260 g/mol. The standard InChI is InChI=1S/C14H16N2O3/c1-2-10-5-7-16(8-6-10)13(17)11-3-4-12(14(18)19)15-9-11/h2-4,9-10H,1,5-8H2,(H,18,19). The van der Waals surface area contributed by atoms with Crippen LogP contribution in [0.15, 0.2) is 31.0 Å². The lowest BCUT2D eigenvalue weighted by Crippen LogP contribution is -2.38. The van der Waals surface area contributed by atoms with Crippen molar-refractivity contribution in [1.29, 1.82) is 0 Å². The number of carboxylic acid groups (broad SMARTS) is 1. The van der Waals surface area contributed by atoms with Crippen LogP contribution in [0.25, 0.3) is 0 Å². The van der Waals surface area contributed by atoms with Crippen molar-refractivity contribution in [3.05, 3.63) is 42.2 Å². The summed E-state index contributed by atoms with van der Waals surface area (Å²) in [6, 6.07) is 2.87.